The normalized spacial score (nSPS) is 13.5. The van der Waals surface area contributed by atoms with E-state index in [1.54, 1.807) is 24.3 Å². The van der Waals surface area contributed by atoms with Gasteiger partial charge in [0.15, 0.2) is 0 Å². The zero-order valence-electron chi connectivity index (χ0n) is 12.9. The van der Waals surface area contributed by atoms with Crippen LogP contribution in [0.3, 0.4) is 0 Å². The van der Waals surface area contributed by atoms with Gasteiger partial charge in [-0.25, -0.2) is 5.90 Å². The molecule has 0 radical (unpaired) electrons. The van der Waals surface area contributed by atoms with E-state index in [4.69, 9.17) is 10.6 Å². The number of nitrogens with zero attached hydrogens (tertiary/aromatic N) is 1. The summed E-state index contributed by atoms with van der Waals surface area (Å²) in [6.07, 6.45) is 0.905. The lowest BCUT2D eigenvalue weighted by Crippen LogP contribution is -2.35. The van der Waals surface area contributed by atoms with Crippen LogP contribution in [-0.4, -0.2) is 30.6 Å². The van der Waals surface area contributed by atoms with Gasteiger partial charge in [0.2, 0.25) is 0 Å². The summed E-state index contributed by atoms with van der Waals surface area (Å²) in [6.45, 7) is 2.13. The Morgan fingerprint density at radius 3 is 2.52 bits per heavy atom. The number of fused-ring (bicyclic) bond motifs is 1. The number of rotatable bonds is 5. The number of carbonyl (C=O) groups excluding carboxylic acids is 1. The Morgan fingerprint density at radius 1 is 1.04 bits per heavy atom. The Bertz CT molecular complexity index is 670. The second-order valence-corrected chi connectivity index (χ2v) is 5.49. The fourth-order valence-corrected chi connectivity index (χ4v) is 2.75. The highest BCUT2D eigenvalue weighted by Gasteiger charge is 2.21. The van der Waals surface area contributed by atoms with Crippen molar-refractivity contribution in [3.8, 4) is 5.75 Å². The molecule has 120 valence electrons. The highest BCUT2D eigenvalue weighted by Crippen LogP contribution is 2.21. The van der Waals surface area contributed by atoms with Gasteiger partial charge in [-0.15, -0.1) is 0 Å². The van der Waals surface area contributed by atoms with Gasteiger partial charge < -0.3 is 14.5 Å². The van der Waals surface area contributed by atoms with Crippen molar-refractivity contribution in [2.24, 2.45) is 5.90 Å². The highest BCUT2D eigenvalue weighted by atomic mass is 16.6. The molecule has 0 saturated heterocycles. The zero-order valence-corrected chi connectivity index (χ0v) is 12.9. The van der Waals surface area contributed by atoms with E-state index >= 15 is 0 Å². The summed E-state index contributed by atoms with van der Waals surface area (Å²) >= 11 is 0. The van der Waals surface area contributed by atoms with Gasteiger partial charge in [0.1, 0.15) is 19.0 Å². The molecule has 0 saturated carbocycles. The first-order chi connectivity index (χ1) is 11.3. The van der Waals surface area contributed by atoms with Crippen LogP contribution < -0.4 is 10.6 Å². The van der Waals surface area contributed by atoms with Crippen LogP contribution in [0.15, 0.2) is 48.5 Å². The molecule has 0 bridgehead atoms. The second kappa shape index (κ2) is 7.26. The third-order valence-corrected chi connectivity index (χ3v) is 3.99. The Balaban J connectivity index is 1.64. The first kappa shape index (κ1) is 15.5. The van der Waals surface area contributed by atoms with Gasteiger partial charge in [0.05, 0.1) is 0 Å². The summed E-state index contributed by atoms with van der Waals surface area (Å²) in [6, 6.07) is 15.5. The van der Waals surface area contributed by atoms with E-state index < -0.39 is 0 Å². The first-order valence-corrected chi connectivity index (χ1v) is 7.68. The van der Waals surface area contributed by atoms with Crippen molar-refractivity contribution in [2.75, 3.05) is 19.8 Å². The summed E-state index contributed by atoms with van der Waals surface area (Å²) in [4.78, 5) is 19.0. The molecule has 1 aliphatic rings. The van der Waals surface area contributed by atoms with Crippen molar-refractivity contribution < 1.29 is 14.4 Å². The minimum Gasteiger partial charge on any atom is -0.491 e. The quantitative estimate of drug-likeness (QED) is 0.679. The van der Waals surface area contributed by atoms with Crippen molar-refractivity contribution in [3.63, 3.8) is 0 Å². The van der Waals surface area contributed by atoms with E-state index in [0.717, 1.165) is 13.0 Å². The van der Waals surface area contributed by atoms with Crippen LogP contribution in [0.4, 0.5) is 0 Å². The van der Waals surface area contributed by atoms with Crippen molar-refractivity contribution in [1.82, 2.24) is 4.90 Å². The first-order valence-electron chi connectivity index (χ1n) is 7.68. The maximum atomic E-state index is 12.6. The summed E-state index contributed by atoms with van der Waals surface area (Å²) in [5, 5.41) is 0. The monoisotopic (exact) mass is 312 g/mol. The van der Waals surface area contributed by atoms with E-state index in [2.05, 4.69) is 17.0 Å². The van der Waals surface area contributed by atoms with Gasteiger partial charge in [-0.1, -0.05) is 24.3 Å². The standard InChI is InChI=1S/C18H20N2O3/c19-23-12-11-22-17-7-5-15(6-8-17)18(21)20-10-9-14-3-1-2-4-16(14)13-20/h1-8H,9-13,19H2. The van der Waals surface area contributed by atoms with Gasteiger partial charge in [-0.3, -0.25) is 4.79 Å². The largest absolute Gasteiger partial charge is 0.491 e. The van der Waals surface area contributed by atoms with Gasteiger partial charge in [0, 0.05) is 18.7 Å². The molecule has 0 aromatic heterocycles. The number of hydrogen-bond acceptors (Lipinski definition) is 4. The Kier molecular flexibility index (Phi) is 4.90. The predicted octanol–water partition coefficient (Wildman–Crippen LogP) is 2.15. The molecule has 0 atom stereocenters. The van der Waals surface area contributed by atoms with E-state index in [0.29, 0.717) is 31.1 Å². The predicted molar refractivity (Wildman–Crippen MR) is 87.0 cm³/mol. The summed E-state index contributed by atoms with van der Waals surface area (Å²) in [7, 11) is 0. The number of amides is 1. The summed E-state index contributed by atoms with van der Waals surface area (Å²) < 4.78 is 5.44. The van der Waals surface area contributed by atoms with E-state index in [9.17, 15) is 4.79 Å². The molecule has 1 amide bonds. The molecular formula is C18H20N2O3. The van der Waals surface area contributed by atoms with Gasteiger partial charge >= 0.3 is 0 Å². The molecule has 0 aliphatic carbocycles. The lowest BCUT2D eigenvalue weighted by atomic mass is 9.99. The third-order valence-electron chi connectivity index (χ3n) is 3.99. The van der Waals surface area contributed by atoms with Crippen LogP contribution in [0.1, 0.15) is 21.5 Å². The van der Waals surface area contributed by atoms with Crippen LogP contribution in [0.25, 0.3) is 0 Å². The molecule has 0 fully saturated rings. The van der Waals surface area contributed by atoms with Gasteiger partial charge in [0.25, 0.3) is 5.91 Å². The lowest BCUT2D eigenvalue weighted by Gasteiger charge is -2.29. The summed E-state index contributed by atoms with van der Waals surface area (Å²) in [5.41, 5.74) is 3.24. The second-order valence-electron chi connectivity index (χ2n) is 5.49. The topological polar surface area (TPSA) is 64.8 Å². The third kappa shape index (κ3) is 3.70. The van der Waals surface area contributed by atoms with Crippen molar-refractivity contribution in [2.45, 2.75) is 13.0 Å². The lowest BCUT2D eigenvalue weighted by molar-refractivity contribution is 0.0734. The molecule has 3 rings (SSSR count). The maximum absolute atomic E-state index is 12.6. The minimum atomic E-state index is 0.0522. The molecule has 2 aromatic rings. The highest BCUT2D eigenvalue weighted by molar-refractivity contribution is 5.94. The van der Waals surface area contributed by atoms with Crippen molar-refractivity contribution in [3.05, 3.63) is 65.2 Å². The van der Waals surface area contributed by atoms with E-state index in [1.165, 1.54) is 11.1 Å². The molecule has 2 N–H and O–H groups in total. The Labute approximate surface area is 135 Å². The number of hydrogen-bond donors (Lipinski definition) is 1. The molecule has 23 heavy (non-hydrogen) atoms. The smallest absolute Gasteiger partial charge is 0.254 e. The molecule has 2 aromatic carbocycles. The molecular weight excluding hydrogens is 292 g/mol. The van der Waals surface area contributed by atoms with Crippen molar-refractivity contribution >= 4 is 5.91 Å². The van der Waals surface area contributed by atoms with Crippen molar-refractivity contribution in [1.29, 1.82) is 0 Å². The fraction of sp³-hybridized carbons (Fsp3) is 0.278. The molecule has 1 aliphatic heterocycles. The van der Waals surface area contributed by atoms with Crippen LogP contribution in [0.5, 0.6) is 5.75 Å². The van der Waals surface area contributed by atoms with Crippen LogP contribution >= 0.6 is 0 Å². The number of nitrogens with two attached hydrogens (primary N) is 1. The fourth-order valence-electron chi connectivity index (χ4n) is 2.75. The van der Waals surface area contributed by atoms with E-state index in [1.807, 2.05) is 17.0 Å². The SMILES string of the molecule is NOCCOc1ccc(C(=O)N2CCc3ccccc3C2)cc1. The van der Waals surface area contributed by atoms with Crippen LogP contribution in [-0.2, 0) is 17.8 Å². The zero-order chi connectivity index (χ0) is 16.1. The van der Waals surface area contributed by atoms with Crippen LogP contribution in [0, 0.1) is 0 Å². The average molecular weight is 312 g/mol. The van der Waals surface area contributed by atoms with Gasteiger partial charge in [-0.2, -0.15) is 0 Å². The Hall–Kier alpha value is -2.37. The molecule has 5 heteroatoms. The van der Waals surface area contributed by atoms with E-state index in [-0.39, 0.29) is 5.91 Å². The maximum Gasteiger partial charge on any atom is 0.254 e. The molecule has 0 spiro atoms. The number of ether oxygens (including phenoxy) is 1. The van der Waals surface area contributed by atoms with Crippen LogP contribution in [0.2, 0.25) is 0 Å². The minimum absolute atomic E-state index is 0.0522. The molecule has 1 heterocycles. The van der Waals surface area contributed by atoms with Gasteiger partial charge in [-0.05, 0) is 41.8 Å². The average Bonchev–Trinajstić information content (AvgIpc) is 2.61. The number of benzene rings is 2. The molecule has 0 unspecified atom stereocenters. The summed E-state index contributed by atoms with van der Waals surface area (Å²) in [5.74, 6) is 5.69. The number of carbonyl (C=O) groups is 1. The molecule has 5 nitrogen and oxygen atoms in total. The Morgan fingerprint density at radius 2 is 1.78 bits per heavy atom.